The Kier molecular flexibility index (Phi) is 5.18. The van der Waals surface area contributed by atoms with Gasteiger partial charge >= 0.3 is 6.09 Å². The third kappa shape index (κ3) is 5.17. The van der Waals surface area contributed by atoms with E-state index >= 15 is 0 Å². The van der Waals surface area contributed by atoms with Crippen LogP contribution in [0.4, 0.5) is 4.79 Å². The van der Waals surface area contributed by atoms with Gasteiger partial charge in [-0.25, -0.2) is 4.79 Å². The molecule has 3 atom stereocenters. The number of ether oxygens (including phenoxy) is 1. The highest BCUT2D eigenvalue weighted by atomic mass is 16.6. The second kappa shape index (κ2) is 6.55. The number of likely N-dealkylation sites (tertiary alicyclic amines) is 1. The first-order chi connectivity index (χ1) is 9.76. The van der Waals surface area contributed by atoms with E-state index in [-0.39, 0.29) is 12.1 Å². The lowest BCUT2D eigenvalue weighted by Gasteiger charge is -2.41. The van der Waals surface area contributed by atoms with Crippen molar-refractivity contribution in [3.63, 3.8) is 0 Å². The third-order valence-electron chi connectivity index (χ3n) is 4.50. The molecule has 21 heavy (non-hydrogen) atoms. The van der Waals surface area contributed by atoms with E-state index in [0.29, 0.717) is 12.1 Å². The maximum absolute atomic E-state index is 12.3. The van der Waals surface area contributed by atoms with Gasteiger partial charge in [0.2, 0.25) is 0 Å². The zero-order valence-electron chi connectivity index (χ0n) is 14.3. The summed E-state index contributed by atoms with van der Waals surface area (Å²) in [6, 6.07) is 1.14. The molecular formula is C17H32N2O2. The average Bonchev–Trinajstić information content (AvgIpc) is 3.13. The summed E-state index contributed by atoms with van der Waals surface area (Å²) in [5, 5.41) is 3.74. The Morgan fingerprint density at radius 2 is 2.00 bits per heavy atom. The standard InChI is InChI=1S/C17H32N2O2/c1-12(11-14-8-9-14)18-15-7-6-10-19(13(15)2)16(20)21-17(3,4)5/h12-15,18H,6-11H2,1-5H3. The van der Waals surface area contributed by atoms with Crippen molar-refractivity contribution in [3.05, 3.63) is 0 Å². The minimum atomic E-state index is -0.420. The molecule has 1 heterocycles. The predicted molar refractivity (Wildman–Crippen MR) is 85.4 cm³/mol. The van der Waals surface area contributed by atoms with Crippen molar-refractivity contribution in [2.24, 2.45) is 5.92 Å². The van der Waals surface area contributed by atoms with Crippen LogP contribution in [0.15, 0.2) is 0 Å². The summed E-state index contributed by atoms with van der Waals surface area (Å²) >= 11 is 0. The maximum atomic E-state index is 12.3. The first-order valence-corrected chi connectivity index (χ1v) is 8.52. The van der Waals surface area contributed by atoms with Crippen molar-refractivity contribution in [1.29, 1.82) is 0 Å². The lowest BCUT2D eigenvalue weighted by atomic mass is 9.96. The molecule has 0 bridgehead atoms. The number of nitrogens with one attached hydrogen (secondary N) is 1. The fourth-order valence-corrected chi connectivity index (χ4v) is 3.23. The molecule has 2 fully saturated rings. The number of rotatable bonds is 4. The number of carbonyl (C=O) groups excluding carboxylic acids is 1. The van der Waals surface area contributed by atoms with Crippen molar-refractivity contribution >= 4 is 6.09 Å². The van der Waals surface area contributed by atoms with Gasteiger partial charge in [0, 0.05) is 24.7 Å². The van der Waals surface area contributed by atoms with Crippen LogP contribution in [0.3, 0.4) is 0 Å². The molecule has 1 saturated carbocycles. The van der Waals surface area contributed by atoms with Crippen LogP contribution < -0.4 is 5.32 Å². The second-order valence-electron chi connectivity index (χ2n) is 7.91. The molecule has 1 aliphatic heterocycles. The molecule has 1 N–H and O–H groups in total. The van der Waals surface area contributed by atoms with Gasteiger partial charge in [-0.15, -0.1) is 0 Å². The smallest absolute Gasteiger partial charge is 0.410 e. The number of carbonyl (C=O) groups is 1. The van der Waals surface area contributed by atoms with Crippen molar-refractivity contribution in [2.75, 3.05) is 6.54 Å². The summed E-state index contributed by atoms with van der Waals surface area (Å²) in [5.74, 6) is 0.938. The summed E-state index contributed by atoms with van der Waals surface area (Å²) in [6.07, 6.45) is 6.10. The van der Waals surface area contributed by atoms with Crippen LogP contribution in [0.5, 0.6) is 0 Å². The molecule has 3 unspecified atom stereocenters. The van der Waals surface area contributed by atoms with Gasteiger partial charge in [0.1, 0.15) is 5.60 Å². The summed E-state index contributed by atoms with van der Waals surface area (Å²) in [4.78, 5) is 14.2. The van der Waals surface area contributed by atoms with E-state index in [1.807, 2.05) is 25.7 Å². The van der Waals surface area contributed by atoms with Crippen LogP contribution in [0.1, 0.15) is 66.7 Å². The highest BCUT2D eigenvalue weighted by Crippen LogP contribution is 2.33. The quantitative estimate of drug-likeness (QED) is 0.862. The summed E-state index contributed by atoms with van der Waals surface area (Å²) < 4.78 is 5.53. The van der Waals surface area contributed by atoms with Crippen molar-refractivity contribution in [1.82, 2.24) is 10.2 Å². The van der Waals surface area contributed by atoms with Gasteiger partial charge in [-0.3, -0.25) is 0 Å². The molecule has 0 radical (unpaired) electrons. The van der Waals surface area contributed by atoms with E-state index in [1.165, 1.54) is 19.3 Å². The molecule has 2 rings (SSSR count). The Hall–Kier alpha value is -0.770. The van der Waals surface area contributed by atoms with E-state index in [9.17, 15) is 4.79 Å². The SMILES string of the molecule is CC(CC1CC1)NC1CCCN(C(=O)OC(C)(C)C)C1C. The van der Waals surface area contributed by atoms with Gasteiger partial charge in [0.15, 0.2) is 0 Å². The van der Waals surface area contributed by atoms with E-state index in [1.54, 1.807) is 0 Å². The third-order valence-corrected chi connectivity index (χ3v) is 4.50. The lowest BCUT2D eigenvalue weighted by molar-refractivity contribution is 0.00633. The minimum Gasteiger partial charge on any atom is -0.444 e. The Labute approximate surface area is 129 Å². The first kappa shape index (κ1) is 16.6. The minimum absolute atomic E-state index is 0.170. The Morgan fingerprint density at radius 1 is 1.33 bits per heavy atom. The summed E-state index contributed by atoms with van der Waals surface area (Å²) in [5.41, 5.74) is -0.420. The van der Waals surface area contributed by atoms with Gasteiger partial charge in [0.25, 0.3) is 0 Å². The van der Waals surface area contributed by atoms with Gasteiger partial charge in [-0.2, -0.15) is 0 Å². The van der Waals surface area contributed by atoms with E-state index in [2.05, 4.69) is 19.2 Å². The normalized spacial score (nSPS) is 28.3. The molecule has 0 spiro atoms. The molecule has 1 aliphatic carbocycles. The van der Waals surface area contributed by atoms with E-state index in [4.69, 9.17) is 4.74 Å². The number of hydrogen-bond donors (Lipinski definition) is 1. The van der Waals surface area contributed by atoms with Crippen molar-refractivity contribution in [3.8, 4) is 0 Å². The van der Waals surface area contributed by atoms with Crippen molar-refractivity contribution in [2.45, 2.75) is 90.4 Å². The zero-order valence-corrected chi connectivity index (χ0v) is 14.3. The molecule has 1 amide bonds. The van der Waals surface area contributed by atoms with Crippen LogP contribution >= 0.6 is 0 Å². The predicted octanol–water partition coefficient (Wildman–Crippen LogP) is 3.55. The second-order valence-corrected chi connectivity index (χ2v) is 7.91. The largest absolute Gasteiger partial charge is 0.444 e. The summed E-state index contributed by atoms with van der Waals surface area (Å²) in [7, 11) is 0. The Balaban J connectivity index is 1.87. The Bertz CT molecular complexity index is 360. The highest BCUT2D eigenvalue weighted by Gasteiger charge is 2.34. The maximum Gasteiger partial charge on any atom is 0.410 e. The van der Waals surface area contributed by atoms with Gasteiger partial charge < -0.3 is 15.0 Å². The number of amides is 1. The molecule has 4 heteroatoms. The van der Waals surface area contributed by atoms with Crippen LogP contribution in [0, 0.1) is 5.92 Å². The van der Waals surface area contributed by atoms with Crippen LogP contribution in [-0.2, 0) is 4.74 Å². The average molecular weight is 296 g/mol. The molecule has 0 aromatic rings. The first-order valence-electron chi connectivity index (χ1n) is 8.52. The fourth-order valence-electron chi connectivity index (χ4n) is 3.23. The monoisotopic (exact) mass is 296 g/mol. The molecule has 122 valence electrons. The molecular weight excluding hydrogens is 264 g/mol. The number of hydrogen-bond acceptors (Lipinski definition) is 3. The van der Waals surface area contributed by atoms with Crippen LogP contribution in [-0.4, -0.2) is 41.3 Å². The number of piperidine rings is 1. The lowest BCUT2D eigenvalue weighted by Crippen LogP contribution is -2.56. The fraction of sp³-hybridized carbons (Fsp3) is 0.941. The van der Waals surface area contributed by atoms with Gasteiger partial charge in [0.05, 0.1) is 0 Å². The highest BCUT2D eigenvalue weighted by molar-refractivity contribution is 5.68. The van der Waals surface area contributed by atoms with Gasteiger partial charge in [-0.05, 0) is 59.8 Å². The van der Waals surface area contributed by atoms with Gasteiger partial charge in [-0.1, -0.05) is 12.8 Å². The van der Waals surface area contributed by atoms with Crippen molar-refractivity contribution < 1.29 is 9.53 Å². The molecule has 1 saturated heterocycles. The van der Waals surface area contributed by atoms with Crippen LogP contribution in [0.25, 0.3) is 0 Å². The Morgan fingerprint density at radius 3 is 2.57 bits per heavy atom. The van der Waals surface area contributed by atoms with Crippen LogP contribution in [0.2, 0.25) is 0 Å². The topological polar surface area (TPSA) is 41.6 Å². The molecule has 4 nitrogen and oxygen atoms in total. The van der Waals surface area contributed by atoms with E-state index in [0.717, 1.165) is 25.3 Å². The zero-order chi connectivity index (χ0) is 15.6. The van der Waals surface area contributed by atoms with E-state index < -0.39 is 5.60 Å². The molecule has 0 aromatic heterocycles. The summed E-state index contributed by atoms with van der Waals surface area (Å²) in [6.45, 7) is 11.0. The number of nitrogens with zero attached hydrogens (tertiary/aromatic N) is 1. The molecule has 0 aromatic carbocycles. The molecule has 2 aliphatic rings.